The second-order valence-electron chi connectivity index (χ2n) is 6.84. The van der Waals surface area contributed by atoms with Crippen LogP contribution in [0.1, 0.15) is 34.9 Å². The Hall–Kier alpha value is -3.59. The summed E-state index contributed by atoms with van der Waals surface area (Å²) in [5, 5.41) is 2.25. The van der Waals surface area contributed by atoms with E-state index in [0.29, 0.717) is 17.4 Å². The van der Waals surface area contributed by atoms with Crippen LogP contribution in [0.4, 0.5) is 0 Å². The first-order valence-electron chi connectivity index (χ1n) is 10.1. The lowest BCUT2D eigenvalue weighted by Gasteiger charge is -2.15. The number of thiazole rings is 1. The van der Waals surface area contributed by atoms with Crippen molar-refractivity contribution in [3.05, 3.63) is 70.2 Å². The molecule has 0 aliphatic rings. The first-order valence-corrected chi connectivity index (χ1v) is 11.0. The van der Waals surface area contributed by atoms with Gasteiger partial charge in [-0.2, -0.15) is 0 Å². The van der Waals surface area contributed by atoms with E-state index in [9.17, 15) is 9.59 Å². The number of nitrogens with zero attached hydrogens (tertiary/aromatic N) is 1. The number of carbonyl (C=O) groups is 2. The van der Waals surface area contributed by atoms with Gasteiger partial charge in [-0.15, -0.1) is 11.3 Å². The smallest absolute Gasteiger partial charge is 0.289 e. The van der Waals surface area contributed by atoms with Gasteiger partial charge in [-0.3, -0.25) is 20.4 Å². The lowest BCUT2D eigenvalue weighted by atomic mass is 10.2. The Morgan fingerprint density at radius 3 is 2.28 bits per heavy atom. The van der Waals surface area contributed by atoms with Crippen LogP contribution in [0.3, 0.4) is 0 Å². The average molecular weight is 456 g/mol. The van der Waals surface area contributed by atoms with Crippen molar-refractivity contribution in [2.45, 2.75) is 33.5 Å². The molecule has 1 aromatic heterocycles. The number of nitrogens with one attached hydrogen (secondary N) is 2. The van der Waals surface area contributed by atoms with Crippen LogP contribution in [0.15, 0.2) is 53.9 Å². The minimum atomic E-state index is -0.817. The SMILES string of the molecule is CCOc1ccc(OC(C)C(=O)NNC(=O)c2csc(COc3ccc(C)cc3)n2)cc1. The van der Waals surface area contributed by atoms with Gasteiger partial charge in [0.15, 0.2) is 6.10 Å². The number of hydrogen-bond acceptors (Lipinski definition) is 7. The van der Waals surface area contributed by atoms with Gasteiger partial charge in [0.1, 0.15) is 34.6 Å². The van der Waals surface area contributed by atoms with E-state index < -0.39 is 17.9 Å². The van der Waals surface area contributed by atoms with Crippen molar-refractivity contribution in [2.24, 2.45) is 0 Å². The summed E-state index contributed by atoms with van der Waals surface area (Å²) in [6.07, 6.45) is -0.817. The first kappa shape index (κ1) is 23.1. The molecule has 3 rings (SSSR count). The number of carbonyl (C=O) groups excluding carboxylic acids is 2. The Bertz CT molecular complexity index is 1030. The third-order valence-corrected chi connectivity index (χ3v) is 5.11. The van der Waals surface area contributed by atoms with Crippen molar-refractivity contribution in [3.8, 4) is 17.2 Å². The van der Waals surface area contributed by atoms with Gasteiger partial charge in [-0.25, -0.2) is 4.98 Å². The highest BCUT2D eigenvalue weighted by Crippen LogP contribution is 2.19. The predicted molar refractivity (Wildman–Crippen MR) is 121 cm³/mol. The van der Waals surface area contributed by atoms with Gasteiger partial charge in [-0.05, 0) is 57.2 Å². The van der Waals surface area contributed by atoms with Crippen LogP contribution in [0.2, 0.25) is 0 Å². The van der Waals surface area contributed by atoms with Gasteiger partial charge < -0.3 is 14.2 Å². The molecule has 9 heteroatoms. The van der Waals surface area contributed by atoms with Crippen LogP contribution in [0, 0.1) is 6.92 Å². The fourth-order valence-corrected chi connectivity index (χ4v) is 3.27. The van der Waals surface area contributed by atoms with Crippen molar-refractivity contribution >= 4 is 23.2 Å². The number of hydrazine groups is 1. The quantitative estimate of drug-likeness (QED) is 0.478. The van der Waals surface area contributed by atoms with Gasteiger partial charge >= 0.3 is 0 Å². The normalized spacial score (nSPS) is 11.3. The molecule has 2 N–H and O–H groups in total. The molecule has 8 nitrogen and oxygen atoms in total. The average Bonchev–Trinajstić information content (AvgIpc) is 3.27. The van der Waals surface area contributed by atoms with Crippen molar-refractivity contribution in [3.63, 3.8) is 0 Å². The summed E-state index contributed by atoms with van der Waals surface area (Å²) >= 11 is 1.30. The number of rotatable bonds is 9. The highest BCUT2D eigenvalue weighted by molar-refractivity contribution is 7.09. The highest BCUT2D eigenvalue weighted by atomic mass is 32.1. The molecule has 1 heterocycles. The van der Waals surface area contributed by atoms with Crippen LogP contribution in [-0.4, -0.2) is 29.5 Å². The molecule has 0 radical (unpaired) electrons. The number of hydrogen-bond donors (Lipinski definition) is 2. The van der Waals surface area contributed by atoms with Gasteiger partial charge in [0.05, 0.1) is 6.61 Å². The standard InChI is InChI=1S/C23H25N3O5S/c1-4-29-17-9-11-19(12-10-17)31-16(3)22(27)25-26-23(28)20-14-32-21(24-20)13-30-18-7-5-15(2)6-8-18/h5-12,14,16H,4,13H2,1-3H3,(H,25,27)(H,26,28). The Balaban J connectivity index is 1.44. The molecule has 0 aliphatic carbocycles. The van der Waals surface area contributed by atoms with Crippen molar-refractivity contribution in [1.82, 2.24) is 15.8 Å². The summed E-state index contributed by atoms with van der Waals surface area (Å²) in [6, 6.07) is 14.6. The molecular formula is C23H25N3O5S. The van der Waals surface area contributed by atoms with Gasteiger partial charge in [0.25, 0.3) is 11.8 Å². The minimum Gasteiger partial charge on any atom is -0.494 e. The van der Waals surface area contributed by atoms with E-state index >= 15 is 0 Å². The van der Waals surface area contributed by atoms with Crippen LogP contribution >= 0.6 is 11.3 Å². The zero-order valence-electron chi connectivity index (χ0n) is 18.1. The van der Waals surface area contributed by atoms with Gasteiger partial charge in [-0.1, -0.05) is 17.7 Å². The summed E-state index contributed by atoms with van der Waals surface area (Å²) in [7, 11) is 0. The molecule has 0 bridgehead atoms. The molecule has 3 aromatic rings. The molecule has 0 spiro atoms. The maximum absolute atomic E-state index is 12.3. The van der Waals surface area contributed by atoms with Gasteiger partial charge in [0, 0.05) is 5.38 Å². The summed E-state index contributed by atoms with van der Waals surface area (Å²) in [4.78, 5) is 28.7. The number of aromatic nitrogens is 1. The van der Waals surface area contributed by atoms with Crippen molar-refractivity contribution in [2.75, 3.05) is 6.61 Å². The molecule has 1 atom stereocenters. The molecule has 2 aromatic carbocycles. The molecule has 1 unspecified atom stereocenters. The summed E-state index contributed by atoms with van der Waals surface area (Å²) < 4.78 is 16.6. The fraction of sp³-hybridized carbons (Fsp3) is 0.261. The van der Waals surface area contributed by atoms with E-state index in [1.165, 1.54) is 11.3 Å². The Morgan fingerprint density at radius 2 is 1.59 bits per heavy atom. The van der Waals surface area contributed by atoms with Crippen LogP contribution in [-0.2, 0) is 11.4 Å². The summed E-state index contributed by atoms with van der Waals surface area (Å²) in [5.74, 6) is 0.941. The third kappa shape index (κ3) is 6.71. The zero-order valence-corrected chi connectivity index (χ0v) is 18.9. The van der Waals surface area contributed by atoms with Crippen LogP contribution < -0.4 is 25.1 Å². The second kappa shape index (κ2) is 11.1. The van der Waals surface area contributed by atoms with Crippen LogP contribution in [0.25, 0.3) is 0 Å². The van der Waals surface area contributed by atoms with Crippen molar-refractivity contribution in [1.29, 1.82) is 0 Å². The maximum atomic E-state index is 12.3. The predicted octanol–water partition coefficient (Wildman–Crippen LogP) is 3.66. The maximum Gasteiger partial charge on any atom is 0.289 e. The fourth-order valence-electron chi connectivity index (χ4n) is 2.58. The van der Waals surface area contributed by atoms with E-state index in [-0.39, 0.29) is 12.3 Å². The van der Waals surface area contributed by atoms with Gasteiger partial charge in [0.2, 0.25) is 0 Å². The number of aryl methyl sites for hydroxylation is 1. The molecule has 168 valence electrons. The van der Waals surface area contributed by atoms with E-state index in [1.54, 1.807) is 36.6 Å². The summed E-state index contributed by atoms with van der Waals surface area (Å²) in [5.41, 5.74) is 6.04. The molecule has 0 saturated heterocycles. The number of amides is 2. The zero-order chi connectivity index (χ0) is 22.9. The number of benzene rings is 2. The molecular weight excluding hydrogens is 430 g/mol. The van der Waals surface area contributed by atoms with E-state index in [2.05, 4.69) is 15.8 Å². The van der Waals surface area contributed by atoms with E-state index in [4.69, 9.17) is 14.2 Å². The highest BCUT2D eigenvalue weighted by Gasteiger charge is 2.17. The monoisotopic (exact) mass is 455 g/mol. The Kier molecular flexibility index (Phi) is 8.04. The Labute approximate surface area is 190 Å². The summed E-state index contributed by atoms with van der Waals surface area (Å²) in [6.45, 7) is 6.30. The Morgan fingerprint density at radius 1 is 0.969 bits per heavy atom. The molecule has 2 amide bonds. The third-order valence-electron chi connectivity index (χ3n) is 4.28. The lowest BCUT2D eigenvalue weighted by Crippen LogP contribution is -2.47. The largest absolute Gasteiger partial charge is 0.494 e. The first-order chi connectivity index (χ1) is 15.4. The van der Waals surface area contributed by atoms with Crippen molar-refractivity contribution < 1.29 is 23.8 Å². The molecule has 0 aliphatic heterocycles. The molecule has 0 fully saturated rings. The second-order valence-corrected chi connectivity index (χ2v) is 7.78. The number of ether oxygens (including phenoxy) is 3. The van der Waals surface area contributed by atoms with Crippen LogP contribution in [0.5, 0.6) is 17.2 Å². The van der Waals surface area contributed by atoms with E-state index in [0.717, 1.165) is 17.1 Å². The molecule has 32 heavy (non-hydrogen) atoms. The topological polar surface area (TPSA) is 98.8 Å². The molecule has 0 saturated carbocycles. The van der Waals surface area contributed by atoms with E-state index in [1.807, 2.05) is 38.1 Å². The lowest BCUT2D eigenvalue weighted by molar-refractivity contribution is -0.128. The minimum absolute atomic E-state index is 0.192.